The summed E-state index contributed by atoms with van der Waals surface area (Å²) in [7, 11) is -2.87. The molecule has 0 spiro atoms. The Labute approximate surface area is 245 Å². The molecule has 2 aromatic carbocycles. The molecule has 0 aliphatic heterocycles. The molecular weight excluding hydrogens is 526 g/mol. The number of benzene rings is 2. The van der Waals surface area contributed by atoms with Crippen LogP contribution in [0.4, 0.5) is 0 Å². The molecule has 0 N–H and O–H groups in total. The van der Waals surface area contributed by atoms with E-state index in [1.807, 2.05) is 0 Å². The van der Waals surface area contributed by atoms with Crippen molar-refractivity contribution in [3.8, 4) is 11.5 Å². The fourth-order valence-corrected chi connectivity index (χ4v) is 17.0. The summed E-state index contributed by atoms with van der Waals surface area (Å²) < 4.78 is 22.6. The first kappa shape index (κ1) is 29.0. The molecule has 2 aromatic rings. The van der Waals surface area contributed by atoms with Crippen LogP contribution in [0.2, 0.25) is 0 Å². The van der Waals surface area contributed by atoms with Gasteiger partial charge in [-0.2, -0.15) is 0 Å². The summed E-state index contributed by atoms with van der Waals surface area (Å²) in [5.41, 5.74) is 2.35. The molecule has 0 unspecified atom stereocenters. The molecule has 0 amide bonds. The van der Waals surface area contributed by atoms with Crippen LogP contribution in [0, 0.1) is 0 Å². The van der Waals surface area contributed by atoms with Crippen molar-refractivity contribution in [2.75, 3.05) is 0 Å². The first-order valence-corrected chi connectivity index (χ1v) is 20.3. The maximum atomic E-state index is 15.6. The highest BCUT2D eigenvalue weighted by Crippen LogP contribution is 2.63. The highest BCUT2D eigenvalue weighted by molar-refractivity contribution is 7.73. The lowest BCUT2D eigenvalue weighted by Gasteiger charge is -2.40. The van der Waals surface area contributed by atoms with Crippen LogP contribution in [0.25, 0.3) is 0 Å². The highest BCUT2D eigenvalue weighted by atomic mass is 31.2. The Hall–Kier alpha value is -1.10. The van der Waals surface area contributed by atoms with Gasteiger partial charge in [0.05, 0.1) is 5.30 Å². The Balaban J connectivity index is 1.37. The van der Waals surface area contributed by atoms with E-state index in [1.54, 1.807) is 0 Å². The van der Waals surface area contributed by atoms with Crippen molar-refractivity contribution in [3.05, 3.63) is 48.5 Å². The third-order valence-corrected chi connectivity index (χ3v) is 18.6. The SMILES string of the molecule is O=P(c1ccccc1Oc1ccccc1P(C1CCCCC1)C1CCCCC1)(C1CCCCC1)C1CCCCC1. The van der Waals surface area contributed by atoms with Crippen LogP contribution in [0.5, 0.6) is 11.5 Å². The average Bonchev–Trinajstić information content (AvgIpc) is 3.04. The third-order valence-electron chi connectivity index (χ3n) is 10.8. The monoisotopic (exact) mass is 578 g/mol. The number of hydrogen-bond acceptors (Lipinski definition) is 2. The van der Waals surface area contributed by atoms with Gasteiger partial charge in [0.25, 0.3) is 0 Å². The molecule has 0 saturated heterocycles. The Bertz CT molecular complexity index is 1080. The Morgan fingerprint density at radius 3 is 1.48 bits per heavy atom. The van der Waals surface area contributed by atoms with E-state index in [2.05, 4.69) is 48.5 Å². The fourth-order valence-electron chi connectivity index (χ4n) is 8.74. The minimum absolute atomic E-state index is 0.265. The summed E-state index contributed by atoms with van der Waals surface area (Å²) in [6.07, 6.45) is 26.1. The van der Waals surface area contributed by atoms with Crippen LogP contribution in [0.15, 0.2) is 48.5 Å². The fraction of sp³-hybridized carbons (Fsp3) is 0.667. The van der Waals surface area contributed by atoms with Gasteiger partial charge in [0.1, 0.15) is 18.6 Å². The zero-order chi connectivity index (χ0) is 27.2. The first-order valence-electron chi connectivity index (χ1n) is 17.0. The van der Waals surface area contributed by atoms with E-state index < -0.39 is 7.14 Å². The van der Waals surface area contributed by atoms with Gasteiger partial charge >= 0.3 is 0 Å². The molecule has 0 aromatic heterocycles. The van der Waals surface area contributed by atoms with Crippen molar-refractivity contribution in [2.24, 2.45) is 0 Å². The average molecular weight is 579 g/mol. The molecule has 2 nitrogen and oxygen atoms in total. The van der Waals surface area contributed by atoms with Gasteiger partial charge in [-0.25, -0.2) is 0 Å². The van der Waals surface area contributed by atoms with Gasteiger partial charge in [-0.1, -0.05) is 115 Å². The second kappa shape index (κ2) is 13.9. The van der Waals surface area contributed by atoms with Crippen molar-refractivity contribution >= 4 is 25.7 Å². The second-order valence-corrected chi connectivity index (χ2v) is 19.4. The van der Waals surface area contributed by atoms with E-state index in [9.17, 15) is 0 Å². The smallest absolute Gasteiger partial charge is 0.138 e. The molecule has 4 heteroatoms. The summed E-state index contributed by atoms with van der Waals surface area (Å²) in [5, 5.41) is 2.57. The topological polar surface area (TPSA) is 26.3 Å². The molecule has 4 aliphatic rings. The zero-order valence-corrected chi connectivity index (χ0v) is 26.6. The zero-order valence-electron chi connectivity index (χ0n) is 24.8. The van der Waals surface area contributed by atoms with Gasteiger partial charge in [-0.05, 0) is 80.9 Å². The molecule has 0 heterocycles. The van der Waals surface area contributed by atoms with Gasteiger partial charge in [-0.3, -0.25) is 0 Å². The number of para-hydroxylation sites is 2. The second-order valence-electron chi connectivity index (χ2n) is 13.3. The Morgan fingerprint density at radius 1 is 0.525 bits per heavy atom. The van der Waals surface area contributed by atoms with Crippen molar-refractivity contribution in [1.82, 2.24) is 0 Å². The van der Waals surface area contributed by atoms with Crippen LogP contribution in [0.3, 0.4) is 0 Å². The number of rotatable bonds is 8. The molecule has 6 rings (SSSR count). The molecule has 4 saturated carbocycles. The van der Waals surface area contributed by atoms with Crippen LogP contribution in [0.1, 0.15) is 128 Å². The number of ether oxygens (including phenoxy) is 1. The molecule has 4 fully saturated rings. The van der Waals surface area contributed by atoms with E-state index in [1.165, 1.54) is 108 Å². The maximum Gasteiger partial charge on any atom is 0.138 e. The Kier molecular flexibility index (Phi) is 10.1. The van der Waals surface area contributed by atoms with Crippen molar-refractivity contribution < 1.29 is 9.30 Å². The summed E-state index contributed by atoms with van der Waals surface area (Å²) in [6.45, 7) is 0. The molecule has 218 valence electrons. The van der Waals surface area contributed by atoms with Gasteiger partial charge < -0.3 is 9.30 Å². The van der Waals surface area contributed by atoms with Crippen molar-refractivity contribution in [1.29, 1.82) is 0 Å². The summed E-state index contributed by atoms with van der Waals surface area (Å²) in [6, 6.07) is 17.7. The van der Waals surface area contributed by atoms with Crippen LogP contribution >= 0.6 is 15.1 Å². The van der Waals surface area contributed by atoms with Crippen molar-refractivity contribution in [3.63, 3.8) is 0 Å². The summed E-state index contributed by atoms with van der Waals surface area (Å²) in [5.74, 6) is 1.97. The van der Waals surface area contributed by atoms with E-state index in [4.69, 9.17) is 4.74 Å². The lowest BCUT2D eigenvalue weighted by Crippen LogP contribution is -2.30. The number of hydrogen-bond donors (Lipinski definition) is 0. The molecule has 0 atom stereocenters. The van der Waals surface area contributed by atoms with Gasteiger partial charge in [0.15, 0.2) is 0 Å². The van der Waals surface area contributed by atoms with E-state index in [0.29, 0.717) is 11.3 Å². The van der Waals surface area contributed by atoms with Gasteiger partial charge in [0.2, 0.25) is 0 Å². The van der Waals surface area contributed by atoms with Crippen LogP contribution in [-0.2, 0) is 4.57 Å². The molecule has 0 radical (unpaired) electrons. The predicted octanol–water partition coefficient (Wildman–Crippen LogP) is 10.9. The summed E-state index contributed by atoms with van der Waals surface area (Å²) in [4.78, 5) is 0. The minimum Gasteiger partial charge on any atom is -0.456 e. The van der Waals surface area contributed by atoms with E-state index in [-0.39, 0.29) is 7.92 Å². The summed E-state index contributed by atoms with van der Waals surface area (Å²) >= 11 is 0. The predicted molar refractivity (Wildman–Crippen MR) is 174 cm³/mol. The Morgan fingerprint density at radius 2 is 0.950 bits per heavy atom. The molecule has 0 bridgehead atoms. The lowest BCUT2D eigenvalue weighted by atomic mass is 9.99. The molecule has 40 heavy (non-hydrogen) atoms. The lowest BCUT2D eigenvalue weighted by molar-refractivity contribution is 0.450. The standard InChI is InChI=1S/C36H52O2P2/c37-40(31-21-9-3-10-22-31,32-23-11-4-12-24-32)36-28-16-14-26-34(36)38-33-25-13-15-27-35(33)39(29-17-5-1-6-18-29)30-19-7-2-8-20-30/h13-16,25-32H,1-12,17-24H2. The third kappa shape index (κ3) is 6.30. The normalized spacial score (nSPS) is 22.9. The first-order chi connectivity index (χ1) is 19.7. The quantitative estimate of drug-likeness (QED) is 0.291. The highest BCUT2D eigenvalue weighted by Gasteiger charge is 2.44. The van der Waals surface area contributed by atoms with Crippen LogP contribution in [-0.4, -0.2) is 22.6 Å². The minimum atomic E-state index is -2.61. The molecule has 4 aliphatic carbocycles. The van der Waals surface area contributed by atoms with E-state index >= 15 is 4.57 Å². The molecular formula is C36H52O2P2. The van der Waals surface area contributed by atoms with Crippen LogP contribution < -0.4 is 15.3 Å². The van der Waals surface area contributed by atoms with Gasteiger partial charge in [0, 0.05) is 16.6 Å². The van der Waals surface area contributed by atoms with Gasteiger partial charge in [-0.15, -0.1) is 0 Å². The largest absolute Gasteiger partial charge is 0.456 e. The van der Waals surface area contributed by atoms with Crippen molar-refractivity contribution in [2.45, 2.75) is 151 Å². The maximum absolute atomic E-state index is 15.6. The van der Waals surface area contributed by atoms with E-state index in [0.717, 1.165) is 53.8 Å².